The summed E-state index contributed by atoms with van der Waals surface area (Å²) in [4.78, 5) is 22.9. The highest BCUT2D eigenvalue weighted by atomic mass is 16.4. The molecule has 0 aliphatic rings. The molecule has 2 aromatic rings. The third kappa shape index (κ3) is 3.24. The van der Waals surface area contributed by atoms with E-state index in [0.717, 1.165) is 5.56 Å². The lowest BCUT2D eigenvalue weighted by Gasteiger charge is -2.04. The summed E-state index contributed by atoms with van der Waals surface area (Å²) < 4.78 is 5.23. The lowest BCUT2D eigenvalue weighted by atomic mass is 10.1. The van der Waals surface area contributed by atoms with Crippen LogP contribution in [0.1, 0.15) is 32.2 Å². The van der Waals surface area contributed by atoms with Gasteiger partial charge in [0.05, 0.1) is 6.54 Å². The molecule has 0 saturated heterocycles. The van der Waals surface area contributed by atoms with Crippen molar-refractivity contribution in [3.05, 3.63) is 59.0 Å². The highest BCUT2D eigenvalue weighted by Crippen LogP contribution is 2.08. The number of furan rings is 1. The van der Waals surface area contributed by atoms with Gasteiger partial charge in [-0.2, -0.15) is 0 Å². The number of benzene rings is 1. The average molecular weight is 273 g/mol. The van der Waals surface area contributed by atoms with Gasteiger partial charge in [0.25, 0.3) is 5.91 Å². The third-order valence-corrected chi connectivity index (χ3v) is 2.75. The maximum Gasteiger partial charge on any atom is 0.287 e. The lowest BCUT2D eigenvalue weighted by Crippen LogP contribution is -2.22. The standard InChI is InChI=1S/C14H15N3O3/c15-7-11-4-5-12(20-11)14(19)17-8-9-2-1-3-10(6-9)13(16)18/h1-6H,7-8,15H2,(H2,16,18)(H,17,19). The number of hydrogen-bond acceptors (Lipinski definition) is 4. The van der Waals surface area contributed by atoms with Crippen LogP contribution in [0.15, 0.2) is 40.8 Å². The third-order valence-electron chi connectivity index (χ3n) is 2.75. The molecule has 104 valence electrons. The van der Waals surface area contributed by atoms with Gasteiger partial charge in [-0.3, -0.25) is 9.59 Å². The maximum absolute atomic E-state index is 11.8. The van der Waals surface area contributed by atoms with Gasteiger partial charge in [-0.1, -0.05) is 12.1 Å². The number of hydrogen-bond donors (Lipinski definition) is 3. The van der Waals surface area contributed by atoms with Crippen molar-refractivity contribution in [1.82, 2.24) is 5.32 Å². The Morgan fingerprint density at radius 2 is 2.00 bits per heavy atom. The van der Waals surface area contributed by atoms with E-state index in [9.17, 15) is 9.59 Å². The molecular weight excluding hydrogens is 258 g/mol. The molecule has 6 nitrogen and oxygen atoms in total. The van der Waals surface area contributed by atoms with Crippen molar-refractivity contribution in [2.45, 2.75) is 13.1 Å². The second-order valence-corrected chi connectivity index (χ2v) is 4.22. The van der Waals surface area contributed by atoms with E-state index in [2.05, 4.69) is 5.32 Å². The van der Waals surface area contributed by atoms with Gasteiger partial charge in [-0.15, -0.1) is 0 Å². The zero-order valence-electron chi connectivity index (χ0n) is 10.8. The quantitative estimate of drug-likeness (QED) is 0.746. The normalized spacial score (nSPS) is 10.2. The van der Waals surface area contributed by atoms with Crippen LogP contribution in [-0.4, -0.2) is 11.8 Å². The fraction of sp³-hybridized carbons (Fsp3) is 0.143. The predicted octanol–water partition coefficient (Wildman–Crippen LogP) is 0.767. The summed E-state index contributed by atoms with van der Waals surface area (Å²) in [7, 11) is 0. The number of nitrogens with two attached hydrogens (primary N) is 2. The minimum Gasteiger partial charge on any atom is -0.455 e. The first-order chi connectivity index (χ1) is 9.60. The molecule has 0 fully saturated rings. The van der Waals surface area contributed by atoms with Gasteiger partial charge in [0.2, 0.25) is 5.91 Å². The molecule has 0 bridgehead atoms. The van der Waals surface area contributed by atoms with Crippen LogP contribution in [0.3, 0.4) is 0 Å². The summed E-state index contributed by atoms with van der Waals surface area (Å²) in [5.74, 6) is -0.0895. The van der Waals surface area contributed by atoms with Crippen LogP contribution >= 0.6 is 0 Å². The first kappa shape index (κ1) is 13.8. The molecule has 5 N–H and O–H groups in total. The van der Waals surface area contributed by atoms with Crippen molar-refractivity contribution in [3.8, 4) is 0 Å². The van der Waals surface area contributed by atoms with E-state index in [4.69, 9.17) is 15.9 Å². The average Bonchev–Trinajstić information content (AvgIpc) is 2.94. The topological polar surface area (TPSA) is 111 Å². The monoisotopic (exact) mass is 273 g/mol. The maximum atomic E-state index is 11.8. The molecule has 1 heterocycles. The van der Waals surface area contributed by atoms with Crippen LogP contribution in [0, 0.1) is 0 Å². The molecule has 6 heteroatoms. The van der Waals surface area contributed by atoms with Gasteiger partial charge in [0, 0.05) is 12.1 Å². The van der Waals surface area contributed by atoms with Crippen LogP contribution < -0.4 is 16.8 Å². The number of amides is 2. The zero-order valence-corrected chi connectivity index (χ0v) is 10.8. The first-order valence-corrected chi connectivity index (χ1v) is 6.06. The Hall–Kier alpha value is -2.60. The van der Waals surface area contributed by atoms with Crippen molar-refractivity contribution in [2.24, 2.45) is 11.5 Å². The number of rotatable bonds is 5. The molecule has 20 heavy (non-hydrogen) atoms. The highest BCUT2D eigenvalue weighted by Gasteiger charge is 2.10. The molecule has 2 rings (SSSR count). The van der Waals surface area contributed by atoms with Gasteiger partial charge in [0.15, 0.2) is 5.76 Å². The van der Waals surface area contributed by atoms with Crippen molar-refractivity contribution in [1.29, 1.82) is 0 Å². The van der Waals surface area contributed by atoms with Crippen LogP contribution in [0.2, 0.25) is 0 Å². The Balaban J connectivity index is 1.99. The molecular formula is C14H15N3O3. The summed E-state index contributed by atoms with van der Waals surface area (Å²) in [5, 5.41) is 2.69. The predicted molar refractivity (Wildman–Crippen MR) is 72.7 cm³/mol. The minimum absolute atomic E-state index is 0.205. The van der Waals surface area contributed by atoms with Crippen molar-refractivity contribution in [3.63, 3.8) is 0 Å². The Morgan fingerprint density at radius 1 is 1.20 bits per heavy atom. The Bertz CT molecular complexity index is 634. The van der Waals surface area contributed by atoms with Crippen molar-refractivity contribution < 1.29 is 14.0 Å². The Labute approximate surface area is 115 Å². The van der Waals surface area contributed by atoms with Gasteiger partial charge in [-0.05, 0) is 29.8 Å². The lowest BCUT2D eigenvalue weighted by molar-refractivity contribution is 0.0921. The molecule has 0 unspecified atom stereocenters. The largest absolute Gasteiger partial charge is 0.455 e. The number of nitrogens with one attached hydrogen (secondary N) is 1. The van der Waals surface area contributed by atoms with E-state index in [0.29, 0.717) is 11.3 Å². The fourth-order valence-corrected chi connectivity index (χ4v) is 1.71. The molecule has 0 saturated carbocycles. The minimum atomic E-state index is -0.503. The van der Waals surface area contributed by atoms with Gasteiger partial charge in [0.1, 0.15) is 5.76 Å². The fourth-order valence-electron chi connectivity index (χ4n) is 1.71. The van der Waals surface area contributed by atoms with E-state index in [1.54, 1.807) is 36.4 Å². The van der Waals surface area contributed by atoms with Crippen molar-refractivity contribution >= 4 is 11.8 Å². The summed E-state index contributed by atoms with van der Waals surface area (Å²) in [6.07, 6.45) is 0. The molecule has 0 radical (unpaired) electrons. The number of carbonyl (C=O) groups excluding carboxylic acids is 2. The van der Waals surface area contributed by atoms with Crippen molar-refractivity contribution in [2.75, 3.05) is 0 Å². The number of carbonyl (C=O) groups is 2. The molecule has 1 aromatic heterocycles. The highest BCUT2D eigenvalue weighted by molar-refractivity contribution is 5.93. The van der Waals surface area contributed by atoms with Crippen LogP contribution in [0.4, 0.5) is 0 Å². The molecule has 1 aromatic carbocycles. The van der Waals surface area contributed by atoms with E-state index in [1.807, 2.05) is 0 Å². The summed E-state index contributed by atoms with van der Waals surface area (Å²) in [5.41, 5.74) is 11.8. The Kier molecular flexibility index (Phi) is 4.17. The van der Waals surface area contributed by atoms with E-state index in [1.165, 1.54) is 0 Å². The second kappa shape index (κ2) is 6.03. The molecule has 0 spiro atoms. The van der Waals surface area contributed by atoms with Crippen LogP contribution in [0.5, 0.6) is 0 Å². The molecule has 0 aliphatic carbocycles. The van der Waals surface area contributed by atoms with E-state index in [-0.39, 0.29) is 24.8 Å². The van der Waals surface area contributed by atoms with Crippen LogP contribution in [-0.2, 0) is 13.1 Å². The second-order valence-electron chi connectivity index (χ2n) is 4.22. The number of primary amides is 1. The van der Waals surface area contributed by atoms with Gasteiger partial charge < -0.3 is 21.2 Å². The summed E-state index contributed by atoms with van der Waals surface area (Å²) >= 11 is 0. The zero-order chi connectivity index (χ0) is 14.5. The van der Waals surface area contributed by atoms with E-state index < -0.39 is 5.91 Å². The van der Waals surface area contributed by atoms with E-state index >= 15 is 0 Å². The van der Waals surface area contributed by atoms with Gasteiger partial charge in [-0.25, -0.2) is 0 Å². The smallest absolute Gasteiger partial charge is 0.287 e. The van der Waals surface area contributed by atoms with Gasteiger partial charge >= 0.3 is 0 Å². The van der Waals surface area contributed by atoms with Crippen LogP contribution in [0.25, 0.3) is 0 Å². The molecule has 0 aliphatic heterocycles. The summed E-state index contributed by atoms with van der Waals surface area (Å²) in [6.45, 7) is 0.520. The molecule has 0 atom stereocenters. The molecule has 2 amide bonds. The first-order valence-electron chi connectivity index (χ1n) is 6.06. The Morgan fingerprint density at radius 3 is 2.65 bits per heavy atom. The summed E-state index contributed by atoms with van der Waals surface area (Å²) in [6, 6.07) is 9.98. The SMILES string of the molecule is NCc1ccc(C(=O)NCc2cccc(C(N)=O)c2)o1.